The molecule has 4 atom stereocenters. The van der Waals surface area contributed by atoms with Gasteiger partial charge in [-0.25, -0.2) is 13.3 Å². The fraction of sp³-hybridized carbons (Fsp3) is 0.333. The van der Waals surface area contributed by atoms with Crippen molar-refractivity contribution in [2.45, 2.75) is 31.3 Å². The molecule has 2 aliphatic heterocycles. The Morgan fingerprint density at radius 2 is 2.04 bits per heavy atom. The molecule has 0 bridgehead atoms. The van der Waals surface area contributed by atoms with Crippen molar-refractivity contribution in [3.05, 3.63) is 62.7 Å². The first kappa shape index (κ1) is 20.2. The van der Waals surface area contributed by atoms with Gasteiger partial charge in [0, 0.05) is 27.2 Å². The molecule has 1 fully saturated rings. The number of fused-ring (bicyclic) bond motifs is 1. The van der Waals surface area contributed by atoms with Crippen molar-refractivity contribution < 1.29 is 36.8 Å². The van der Waals surface area contributed by atoms with Gasteiger partial charge in [0.2, 0.25) is 0 Å². The van der Waals surface area contributed by atoms with Gasteiger partial charge in [0.1, 0.15) is 23.5 Å². The molecule has 150 valence electrons. The molecule has 0 aliphatic carbocycles. The van der Waals surface area contributed by atoms with E-state index in [2.05, 4.69) is 0 Å². The van der Waals surface area contributed by atoms with Crippen molar-refractivity contribution in [3.63, 3.8) is 0 Å². The molecule has 28 heavy (non-hydrogen) atoms. The minimum absolute atomic E-state index is 0.0728. The smallest absolute Gasteiger partial charge is 0.404 e. The molecule has 0 saturated carbocycles. The van der Waals surface area contributed by atoms with Gasteiger partial charge in [0.25, 0.3) is 0 Å². The van der Waals surface area contributed by atoms with Gasteiger partial charge in [-0.1, -0.05) is 18.2 Å². The molecule has 2 heterocycles. The maximum Gasteiger partial charge on any atom is 0.530 e. The van der Waals surface area contributed by atoms with Gasteiger partial charge in [-0.05, 0) is 34.7 Å². The number of para-hydroxylation sites is 1. The molecule has 1 saturated heterocycles. The number of rotatable bonds is 4. The Hall–Kier alpha value is -1.10. The minimum Gasteiger partial charge on any atom is -0.404 e. The van der Waals surface area contributed by atoms with E-state index in [0.29, 0.717) is 5.75 Å². The summed E-state index contributed by atoms with van der Waals surface area (Å²) in [6.07, 6.45) is -2.51. The first-order chi connectivity index (χ1) is 13.3. The van der Waals surface area contributed by atoms with Crippen LogP contribution in [0.25, 0.3) is 0 Å². The van der Waals surface area contributed by atoms with Crippen LogP contribution in [0.4, 0.5) is 8.78 Å². The Morgan fingerprint density at radius 1 is 1.25 bits per heavy atom. The number of benzene rings is 2. The van der Waals surface area contributed by atoms with Crippen LogP contribution in [0.2, 0.25) is 0 Å². The van der Waals surface area contributed by atoms with E-state index < -0.39 is 37.8 Å². The van der Waals surface area contributed by atoms with Gasteiger partial charge in [-0.2, -0.15) is 0 Å². The highest BCUT2D eigenvalue weighted by Gasteiger charge is 2.40. The van der Waals surface area contributed by atoms with E-state index in [1.54, 1.807) is 46.9 Å². The zero-order chi connectivity index (χ0) is 19.9. The summed E-state index contributed by atoms with van der Waals surface area (Å²) in [7, 11) is -3.86. The average molecular weight is 524 g/mol. The summed E-state index contributed by atoms with van der Waals surface area (Å²) in [5.74, 6) is -1.00. The number of aliphatic hydroxyl groups is 1. The van der Waals surface area contributed by atoms with Crippen molar-refractivity contribution >= 4 is 30.4 Å². The maximum atomic E-state index is 14.1. The van der Waals surface area contributed by atoms with E-state index in [9.17, 15) is 18.5 Å². The van der Waals surface area contributed by atoms with Gasteiger partial charge < -0.3 is 14.4 Å². The van der Waals surface area contributed by atoms with Gasteiger partial charge in [0.05, 0.1) is 25.4 Å². The van der Waals surface area contributed by atoms with Gasteiger partial charge >= 0.3 is 7.82 Å². The summed E-state index contributed by atoms with van der Waals surface area (Å²) in [5, 5.41) is 10.2. The molecule has 0 amide bonds. The molecule has 2 aliphatic rings. The highest BCUT2D eigenvalue weighted by molar-refractivity contribution is 14.1. The molecule has 10 heteroatoms. The molecule has 0 spiro atoms. The van der Waals surface area contributed by atoms with Crippen LogP contribution in [-0.2, 0) is 25.0 Å². The first-order valence-electron chi connectivity index (χ1n) is 8.49. The average Bonchev–Trinajstić information content (AvgIpc) is 3.03. The lowest BCUT2D eigenvalue weighted by Gasteiger charge is -2.26. The molecule has 4 rings (SSSR count). The Bertz CT molecular complexity index is 942. The van der Waals surface area contributed by atoms with Crippen LogP contribution in [-0.4, -0.2) is 23.9 Å². The number of phosphoric acid groups is 1. The molecule has 0 aromatic heterocycles. The third kappa shape index (κ3) is 4.10. The molecular weight excluding hydrogens is 508 g/mol. The topological polar surface area (TPSA) is 74.2 Å². The lowest BCUT2D eigenvalue weighted by atomic mass is 10.0. The van der Waals surface area contributed by atoms with Crippen molar-refractivity contribution in [2.75, 3.05) is 6.61 Å². The highest BCUT2D eigenvalue weighted by atomic mass is 127. The lowest BCUT2D eigenvalue weighted by Crippen LogP contribution is -2.26. The quantitative estimate of drug-likeness (QED) is 0.361. The SMILES string of the molecule is O=[P@]1(OC[C@H]2O[C@@H](c3cc(I)c(F)cc3F)C[C@@H]2O)OCc2ccccc2O1. The summed E-state index contributed by atoms with van der Waals surface area (Å²) in [4.78, 5) is 0. The molecular formula is C18H16F2IO6P. The molecule has 0 radical (unpaired) electrons. The fourth-order valence-corrected chi connectivity index (χ4v) is 4.82. The Morgan fingerprint density at radius 3 is 2.86 bits per heavy atom. The standard InChI is InChI=1S/C18H16F2IO6P/c19-12-6-13(20)14(21)5-11(12)17-7-15(22)18(26-17)9-25-28(23)24-8-10-3-1-2-4-16(10)27-28/h1-6,15,17-18,22H,7-9H2/t15-,17+,18+,28+/m0/s1. The lowest BCUT2D eigenvalue weighted by molar-refractivity contribution is -0.0255. The largest absolute Gasteiger partial charge is 0.530 e. The number of hydrogen-bond acceptors (Lipinski definition) is 6. The molecule has 2 aromatic carbocycles. The number of hydrogen-bond donors (Lipinski definition) is 1. The summed E-state index contributed by atoms with van der Waals surface area (Å²) < 4.78 is 62.0. The summed E-state index contributed by atoms with van der Waals surface area (Å²) in [5.41, 5.74) is 0.897. The van der Waals surface area contributed by atoms with Gasteiger partial charge in [-0.15, -0.1) is 0 Å². The highest BCUT2D eigenvalue weighted by Crippen LogP contribution is 2.54. The predicted octanol–water partition coefficient (Wildman–Crippen LogP) is 4.49. The van der Waals surface area contributed by atoms with E-state index in [1.807, 2.05) is 0 Å². The second-order valence-electron chi connectivity index (χ2n) is 6.47. The number of aliphatic hydroxyl groups excluding tert-OH is 1. The third-order valence-electron chi connectivity index (χ3n) is 4.57. The van der Waals surface area contributed by atoms with Gasteiger partial charge in [0.15, 0.2) is 0 Å². The van der Waals surface area contributed by atoms with Crippen molar-refractivity contribution in [1.82, 2.24) is 0 Å². The van der Waals surface area contributed by atoms with Crippen molar-refractivity contribution in [3.8, 4) is 5.75 Å². The monoisotopic (exact) mass is 524 g/mol. The maximum absolute atomic E-state index is 14.1. The predicted molar refractivity (Wildman–Crippen MR) is 103 cm³/mol. The Kier molecular flexibility index (Phi) is 5.74. The Balaban J connectivity index is 1.41. The zero-order valence-corrected chi connectivity index (χ0v) is 17.4. The van der Waals surface area contributed by atoms with E-state index >= 15 is 0 Å². The van der Waals surface area contributed by atoms with Crippen molar-refractivity contribution in [1.29, 1.82) is 0 Å². The van der Waals surface area contributed by atoms with Crippen LogP contribution in [0.1, 0.15) is 23.7 Å². The summed E-state index contributed by atoms with van der Waals surface area (Å²) in [6, 6.07) is 9.12. The number of ether oxygens (including phenoxy) is 1. The van der Waals surface area contributed by atoms with E-state index in [4.69, 9.17) is 18.3 Å². The van der Waals surface area contributed by atoms with Crippen LogP contribution >= 0.6 is 30.4 Å². The summed E-state index contributed by atoms with van der Waals surface area (Å²) >= 11 is 1.76. The van der Waals surface area contributed by atoms with Crippen LogP contribution in [0, 0.1) is 15.2 Å². The van der Waals surface area contributed by atoms with E-state index in [0.717, 1.165) is 11.6 Å². The molecule has 6 nitrogen and oxygen atoms in total. The minimum atomic E-state index is -3.86. The summed E-state index contributed by atoms with van der Waals surface area (Å²) in [6.45, 7) is -0.194. The van der Waals surface area contributed by atoms with Gasteiger partial charge in [-0.3, -0.25) is 9.05 Å². The van der Waals surface area contributed by atoms with Crippen LogP contribution in [0.3, 0.4) is 0 Å². The van der Waals surface area contributed by atoms with Crippen LogP contribution < -0.4 is 4.52 Å². The number of phosphoric ester groups is 1. The van der Waals surface area contributed by atoms with Crippen LogP contribution in [0.15, 0.2) is 36.4 Å². The second-order valence-corrected chi connectivity index (χ2v) is 9.23. The Labute approximate surface area is 173 Å². The second kappa shape index (κ2) is 7.97. The molecule has 1 N–H and O–H groups in total. The third-order valence-corrected chi connectivity index (χ3v) is 6.73. The first-order valence-corrected chi connectivity index (χ1v) is 11.0. The van der Waals surface area contributed by atoms with Crippen molar-refractivity contribution in [2.24, 2.45) is 0 Å². The van der Waals surface area contributed by atoms with Crippen LogP contribution in [0.5, 0.6) is 5.75 Å². The van der Waals surface area contributed by atoms with E-state index in [-0.39, 0.29) is 28.8 Å². The fourth-order valence-electron chi connectivity index (χ4n) is 3.10. The molecule has 0 unspecified atom stereocenters. The zero-order valence-electron chi connectivity index (χ0n) is 14.4. The van der Waals surface area contributed by atoms with E-state index in [1.165, 1.54) is 6.07 Å². The molecule has 2 aromatic rings. The normalized spacial score (nSPS) is 29.4. The number of halogens is 3.